The lowest BCUT2D eigenvalue weighted by Crippen LogP contribution is -2.36. The van der Waals surface area contributed by atoms with E-state index in [2.05, 4.69) is 5.10 Å². The Morgan fingerprint density at radius 2 is 1.70 bits per heavy atom. The van der Waals surface area contributed by atoms with Crippen molar-refractivity contribution in [2.75, 3.05) is 0 Å². The van der Waals surface area contributed by atoms with Crippen LogP contribution in [0.25, 0.3) is 16.7 Å². The van der Waals surface area contributed by atoms with Gasteiger partial charge >= 0.3 is 5.69 Å². The van der Waals surface area contributed by atoms with Crippen LogP contribution in [0.4, 0.5) is 4.39 Å². The number of hydrogen-bond donors (Lipinski definition) is 0. The van der Waals surface area contributed by atoms with Crippen LogP contribution in [-0.2, 0) is 14.1 Å². The minimum atomic E-state index is -0.438. The summed E-state index contributed by atoms with van der Waals surface area (Å²) in [4.78, 5) is 23.9. The molecule has 0 aliphatic carbocycles. The maximum atomic E-state index is 12.9. The second-order valence-electron chi connectivity index (χ2n) is 4.49. The molecular formula is C13H11FN4O2. The van der Waals surface area contributed by atoms with Crippen molar-refractivity contribution < 1.29 is 4.39 Å². The van der Waals surface area contributed by atoms with E-state index in [1.54, 1.807) is 19.2 Å². The van der Waals surface area contributed by atoms with Crippen molar-refractivity contribution in [3.05, 3.63) is 57.1 Å². The lowest BCUT2D eigenvalue weighted by Gasteiger charge is -2.01. The first-order valence-electron chi connectivity index (χ1n) is 5.90. The molecule has 0 saturated carbocycles. The van der Waals surface area contributed by atoms with E-state index in [9.17, 15) is 14.0 Å². The highest BCUT2D eigenvalue weighted by molar-refractivity contribution is 5.73. The molecule has 7 heteroatoms. The van der Waals surface area contributed by atoms with Crippen molar-refractivity contribution in [3.8, 4) is 5.69 Å². The van der Waals surface area contributed by atoms with E-state index in [-0.39, 0.29) is 5.82 Å². The van der Waals surface area contributed by atoms with Gasteiger partial charge < -0.3 is 0 Å². The summed E-state index contributed by atoms with van der Waals surface area (Å²) in [6.45, 7) is 0. The van der Waals surface area contributed by atoms with Crippen LogP contribution in [-0.4, -0.2) is 18.9 Å². The average Bonchev–Trinajstić information content (AvgIpc) is 2.89. The number of rotatable bonds is 1. The van der Waals surface area contributed by atoms with E-state index in [4.69, 9.17) is 0 Å². The van der Waals surface area contributed by atoms with Crippen molar-refractivity contribution in [1.29, 1.82) is 0 Å². The third-order valence-electron chi connectivity index (χ3n) is 3.21. The Hall–Kier alpha value is -2.70. The van der Waals surface area contributed by atoms with Crippen LogP contribution in [0.5, 0.6) is 0 Å². The van der Waals surface area contributed by atoms with Crippen LogP contribution < -0.4 is 11.2 Å². The fourth-order valence-electron chi connectivity index (χ4n) is 2.07. The summed E-state index contributed by atoms with van der Waals surface area (Å²) in [5.41, 5.74) is 0.0582. The molecule has 0 N–H and O–H groups in total. The topological polar surface area (TPSA) is 61.8 Å². The maximum Gasteiger partial charge on any atom is 0.332 e. The van der Waals surface area contributed by atoms with Gasteiger partial charge in [-0.3, -0.25) is 13.9 Å². The monoisotopic (exact) mass is 274 g/mol. The molecule has 102 valence electrons. The molecule has 1 aromatic carbocycles. The number of hydrogen-bond acceptors (Lipinski definition) is 3. The van der Waals surface area contributed by atoms with Gasteiger partial charge in [0.1, 0.15) is 11.2 Å². The quantitative estimate of drug-likeness (QED) is 0.651. The van der Waals surface area contributed by atoms with Crippen molar-refractivity contribution in [3.63, 3.8) is 0 Å². The van der Waals surface area contributed by atoms with Crippen LogP contribution in [0, 0.1) is 5.82 Å². The van der Waals surface area contributed by atoms with Gasteiger partial charge in [0.25, 0.3) is 5.56 Å². The first-order chi connectivity index (χ1) is 9.49. The smallest absolute Gasteiger partial charge is 0.279 e. The van der Waals surface area contributed by atoms with Crippen LogP contribution in [0.1, 0.15) is 0 Å². The predicted molar refractivity (Wildman–Crippen MR) is 71.5 cm³/mol. The number of aryl methyl sites for hydroxylation is 1. The minimum absolute atomic E-state index is 0.294. The molecule has 0 saturated heterocycles. The van der Waals surface area contributed by atoms with E-state index in [0.29, 0.717) is 16.7 Å². The minimum Gasteiger partial charge on any atom is -0.279 e. The molecule has 0 aliphatic heterocycles. The molecular weight excluding hydrogens is 263 g/mol. The molecule has 0 aliphatic rings. The van der Waals surface area contributed by atoms with Gasteiger partial charge in [-0.2, -0.15) is 0 Å². The van der Waals surface area contributed by atoms with Gasteiger partial charge in [-0.05, 0) is 24.3 Å². The van der Waals surface area contributed by atoms with Crippen LogP contribution in [0.3, 0.4) is 0 Å². The van der Waals surface area contributed by atoms with Crippen molar-refractivity contribution >= 4 is 11.0 Å². The molecule has 6 nitrogen and oxygen atoms in total. The highest BCUT2D eigenvalue weighted by Gasteiger charge is 2.12. The number of aromatic nitrogens is 4. The van der Waals surface area contributed by atoms with Gasteiger partial charge in [0.2, 0.25) is 0 Å². The molecule has 2 heterocycles. The summed E-state index contributed by atoms with van der Waals surface area (Å²) < 4.78 is 16.7. The molecule has 0 amide bonds. The summed E-state index contributed by atoms with van der Waals surface area (Å²) in [5, 5.41) is 4.55. The maximum absolute atomic E-state index is 12.9. The fourth-order valence-corrected chi connectivity index (χ4v) is 2.07. The highest BCUT2D eigenvalue weighted by Crippen LogP contribution is 2.12. The summed E-state index contributed by atoms with van der Waals surface area (Å²) in [5.74, 6) is -0.353. The molecule has 0 atom stereocenters. The van der Waals surface area contributed by atoms with Crippen LogP contribution in [0.2, 0.25) is 0 Å². The normalized spacial score (nSPS) is 11.2. The highest BCUT2D eigenvalue weighted by atomic mass is 19.1. The molecule has 0 fully saturated rings. The number of halogens is 1. The molecule has 0 unspecified atom stereocenters. The number of fused-ring (bicyclic) bond motifs is 1. The molecule has 0 spiro atoms. The van der Waals surface area contributed by atoms with E-state index >= 15 is 0 Å². The second kappa shape index (κ2) is 4.16. The average molecular weight is 274 g/mol. The summed E-state index contributed by atoms with van der Waals surface area (Å²) >= 11 is 0. The van der Waals surface area contributed by atoms with E-state index in [0.717, 1.165) is 4.57 Å². The van der Waals surface area contributed by atoms with E-state index < -0.39 is 11.2 Å². The van der Waals surface area contributed by atoms with Gasteiger partial charge in [0.15, 0.2) is 5.65 Å². The van der Waals surface area contributed by atoms with Crippen LogP contribution in [0.15, 0.2) is 40.1 Å². The van der Waals surface area contributed by atoms with Gasteiger partial charge in [-0.15, -0.1) is 5.10 Å². The van der Waals surface area contributed by atoms with Crippen LogP contribution >= 0.6 is 0 Å². The van der Waals surface area contributed by atoms with Crippen molar-refractivity contribution in [1.82, 2.24) is 18.9 Å². The molecule has 0 bridgehead atoms. The largest absolute Gasteiger partial charge is 0.332 e. The molecule has 20 heavy (non-hydrogen) atoms. The van der Waals surface area contributed by atoms with Gasteiger partial charge in [-0.1, -0.05) is 0 Å². The summed E-state index contributed by atoms with van der Waals surface area (Å²) in [6.07, 6.45) is 1.53. The second-order valence-corrected chi connectivity index (χ2v) is 4.49. The SMILES string of the molecule is Cn1c(=O)c2cn(-c3ccc(F)cc3)nc2n(C)c1=O. The third-order valence-corrected chi connectivity index (χ3v) is 3.21. The Labute approximate surface area is 112 Å². The number of nitrogens with zero attached hydrogens (tertiary/aromatic N) is 4. The Bertz CT molecular complexity index is 918. The van der Waals surface area contributed by atoms with Gasteiger partial charge in [0.05, 0.1) is 5.69 Å². The summed E-state index contributed by atoms with van der Waals surface area (Å²) in [6, 6.07) is 5.70. The molecule has 3 rings (SSSR count). The van der Waals surface area contributed by atoms with E-state index in [1.807, 2.05) is 0 Å². The summed E-state index contributed by atoms with van der Waals surface area (Å²) in [7, 11) is 2.96. The van der Waals surface area contributed by atoms with Crippen molar-refractivity contribution in [2.45, 2.75) is 0 Å². The number of benzene rings is 1. The van der Waals surface area contributed by atoms with Gasteiger partial charge in [-0.25, -0.2) is 13.9 Å². The zero-order valence-electron chi connectivity index (χ0n) is 10.9. The van der Waals surface area contributed by atoms with E-state index in [1.165, 1.54) is 34.6 Å². The standard InChI is InChI=1S/C13H11FN4O2/c1-16-11-10(12(19)17(2)13(16)20)7-18(15-11)9-5-3-8(14)4-6-9/h3-7H,1-2H3. The predicted octanol–water partition coefficient (Wildman–Crippen LogP) is 0.562. The lowest BCUT2D eigenvalue weighted by molar-refractivity contribution is 0.627. The van der Waals surface area contributed by atoms with Gasteiger partial charge in [0, 0.05) is 20.3 Å². The Morgan fingerprint density at radius 1 is 1.05 bits per heavy atom. The first-order valence-corrected chi connectivity index (χ1v) is 5.90. The molecule has 0 radical (unpaired) electrons. The Kier molecular flexibility index (Phi) is 2.56. The van der Waals surface area contributed by atoms with Crippen molar-refractivity contribution in [2.24, 2.45) is 14.1 Å². The fraction of sp³-hybridized carbons (Fsp3) is 0.154. The first kappa shape index (κ1) is 12.3. The zero-order chi connectivity index (χ0) is 14.4. The molecule has 2 aromatic heterocycles. The Balaban J connectivity index is 2.34. The Morgan fingerprint density at radius 3 is 2.35 bits per heavy atom. The third kappa shape index (κ3) is 1.67. The lowest BCUT2D eigenvalue weighted by atomic mass is 10.3. The molecule has 3 aromatic rings. The zero-order valence-corrected chi connectivity index (χ0v) is 10.9.